The number of ether oxygens (including phenoxy) is 1. The van der Waals surface area contributed by atoms with E-state index in [1.807, 2.05) is 12.1 Å². The summed E-state index contributed by atoms with van der Waals surface area (Å²) < 4.78 is 5.43. The first kappa shape index (κ1) is 9.76. The second-order valence-electron chi connectivity index (χ2n) is 3.26. The molecule has 0 saturated carbocycles. The van der Waals surface area contributed by atoms with E-state index in [2.05, 4.69) is 10.3 Å². The molecular weight excluding hydrogens is 194 g/mol. The second kappa shape index (κ2) is 4.63. The Balaban J connectivity index is 1.73. The molecule has 0 atom stereocenters. The van der Waals surface area contributed by atoms with Crippen LogP contribution in [0.1, 0.15) is 0 Å². The quantitative estimate of drug-likeness (QED) is 0.781. The summed E-state index contributed by atoms with van der Waals surface area (Å²) in [6.45, 7) is 2.60. The van der Waals surface area contributed by atoms with E-state index in [1.54, 1.807) is 17.3 Å². The van der Waals surface area contributed by atoms with Crippen molar-refractivity contribution in [2.75, 3.05) is 26.2 Å². The number of rotatable bonds is 4. The first-order valence-electron chi connectivity index (χ1n) is 4.92. The van der Waals surface area contributed by atoms with Gasteiger partial charge in [-0.2, -0.15) is 0 Å². The van der Waals surface area contributed by atoms with Crippen molar-refractivity contribution in [2.24, 2.45) is 0 Å². The van der Waals surface area contributed by atoms with Crippen molar-refractivity contribution >= 4 is 6.03 Å². The van der Waals surface area contributed by atoms with E-state index in [0.717, 1.165) is 18.8 Å². The van der Waals surface area contributed by atoms with Crippen LogP contribution in [0.15, 0.2) is 24.5 Å². The third-order valence-electron chi connectivity index (χ3n) is 2.21. The lowest BCUT2D eigenvalue weighted by Crippen LogP contribution is -2.31. The fourth-order valence-electron chi connectivity index (χ4n) is 1.43. The average Bonchev–Trinajstić information content (AvgIpc) is 2.66. The summed E-state index contributed by atoms with van der Waals surface area (Å²) in [7, 11) is 0. The molecule has 1 aromatic heterocycles. The third-order valence-corrected chi connectivity index (χ3v) is 2.21. The third kappa shape index (κ3) is 2.59. The van der Waals surface area contributed by atoms with Crippen molar-refractivity contribution in [2.45, 2.75) is 0 Å². The van der Waals surface area contributed by atoms with Crippen LogP contribution in [0.2, 0.25) is 0 Å². The molecule has 80 valence electrons. The van der Waals surface area contributed by atoms with E-state index in [0.29, 0.717) is 13.2 Å². The van der Waals surface area contributed by atoms with Crippen molar-refractivity contribution in [1.82, 2.24) is 15.2 Å². The van der Waals surface area contributed by atoms with Crippen molar-refractivity contribution < 1.29 is 9.53 Å². The summed E-state index contributed by atoms with van der Waals surface area (Å²) in [5, 5.41) is 2.74. The average molecular weight is 207 g/mol. The maximum Gasteiger partial charge on any atom is 0.317 e. The molecule has 1 saturated heterocycles. The Morgan fingerprint density at radius 1 is 1.60 bits per heavy atom. The lowest BCUT2D eigenvalue weighted by Gasteiger charge is -2.14. The summed E-state index contributed by atoms with van der Waals surface area (Å²) in [5.74, 6) is 0.733. The maximum absolute atomic E-state index is 11.2. The highest BCUT2D eigenvalue weighted by Gasteiger charge is 2.18. The molecule has 0 unspecified atom stereocenters. The molecule has 1 aromatic rings. The number of carbonyl (C=O) groups excluding carboxylic acids is 1. The highest BCUT2D eigenvalue weighted by molar-refractivity contribution is 5.76. The topological polar surface area (TPSA) is 54.5 Å². The second-order valence-corrected chi connectivity index (χ2v) is 3.26. The molecule has 1 N–H and O–H groups in total. The number of hydrogen-bond donors (Lipinski definition) is 1. The summed E-state index contributed by atoms with van der Waals surface area (Å²) in [6, 6.07) is 3.65. The molecule has 2 heterocycles. The number of hydrogen-bond acceptors (Lipinski definition) is 3. The molecule has 1 fully saturated rings. The maximum atomic E-state index is 11.2. The molecule has 0 aromatic carbocycles. The molecular formula is C10H13N3O2. The van der Waals surface area contributed by atoms with Gasteiger partial charge >= 0.3 is 6.03 Å². The largest absolute Gasteiger partial charge is 0.490 e. The Morgan fingerprint density at radius 2 is 2.53 bits per heavy atom. The zero-order valence-electron chi connectivity index (χ0n) is 8.35. The van der Waals surface area contributed by atoms with Crippen LogP contribution in [0.5, 0.6) is 5.75 Å². The van der Waals surface area contributed by atoms with Crippen LogP contribution in [-0.4, -0.2) is 42.2 Å². The van der Waals surface area contributed by atoms with Crippen LogP contribution in [0.4, 0.5) is 4.79 Å². The smallest absolute Gasteiger partial charge is 0.317 e. The Labute approximate surface area is 88.1 Å². The molecule has 5 nitrogen and oxygen atoms in total. The molecule has 0 aliphatic carbocycles. The lowest BCUT2D eigenvalue weighted by atomic mass is 10.4. The van der Waals surface area contributed by atoms with Crippen molar-refractivity contribution in [3.63, 3.8) is 0 Å². The van der Waals surface area contributed by atoms with Crippen LogP contribution < -0.4 is 10.1 Å². The van der Waals surface area contributed by atoms with Crippen molar-refractivity contribution in [3.05, 3.63) is 24.5 Å². The monoisotopic (exact) mass is 207 g/mol. The van der Waals surface area contributed by atoms with Crippen LogP contribution >= 0.6 is 0 Å². The summed E-state index contributed by atoms with van der Waals surface area (Å²) in [6.07, 6.45) is 3.35. The number of pyridine rings is 1. The summed E-state index contributed by atoms with van der Waals surface area (Å²) in [5.41, 5.74) is 0. The Kier molecular flexibility index (Phi) is 3.02. The van der Waals surface area contributed by atoms with Gasteiger partial charge in [-0.25, -0.2) is 4.79 Å². The number of carbonyl (C=O) groups is 1. The zero-order valence-corrected chi connectivity index (χ0v) is 8.35. The van der Waals surface area contributed by atoms with Gasteiger partial charge in [0.15, 0.2) is 0 Å². The van der Waals surface area contributed by atoms with E-state index in [4.69, 9.17) is 4.74 Å². The lowest BCUT2D eigenvalue weighted by molar-refractivity contribution is 0.202. The standard InChI is InChI=1S/C10H13N3O2/c14-10-12-4-5-13(10)6-7-15-9-2-1-3-11-8-9/h1-3,8H,4-7H2,(H,12,14). The van der Waals surface area contributed by atoms with E-state index >= 15 is 0 Å². The van der Waals surface area contributed by atoms with Gasteiger partial charge < -0.3 is 15.0 Å². The fourth-order valence-corrected chi connectivity index (χ4v) is 1.43. The molecule has 2 amide bonds. The number of urea groups is 1. The van der Waals surface area contributed by atoms with E-state index in [9.17, 15) is 4.79 Å². The fraction of sp³-hybridized carbons (Fsp3) is 0.400. The van der Waals surface area contributed by atoms with Crippen molar-refractivity contribution in [3.8, 4) is 5.75 Å². The van der Waals surface area contributed by atoms with Gasteiger partial charge in [-0.05, 0) is 12.1 Å². The van der Waals surface area contributed by atoms with Crippen molar-refractivity contribution in [1.29, 1.82) is 0 Å². The van der Waals surface area contributed by atoms with Gasteiger partial charge in [-0.1, -0.05) is 0 Å². The van der Waals surface area contributed by atoms with Gasteiger partial charge in [0.1, 0.15) is 12.4 Å². The molecule has 1 aliphatic heterocycles. The predicted octanol–water partition coefficient (Wildman–Crippen LogP) is 0.486. The minimum atomic E-state index is -0.00946. The van der Waals surface area contributed by atoms with E-state index in [-0.39, 0.29) is 6.03 Å². The highest BCUT2D eigenvalue weighted by atomic mass is 16.5. The van der Waals surface area contributed by atoms with Gasteiger partial charge in [0, 0.05) is 19.3 Å². The number of nitrogens with zero attached hydrogens (tertiary/aromatic N) is 2. The zero-order chi connectivity index (χ0) is 10.5. The van der Waals surface area contributed by atoms with Gasteiger partial charge in [0.25, 0.3) is 0 Å². The molecule has 0 spiro atoms. The normalized spacial score (nSPS) is 15.2. The van der Waals surface area contributed by atoms with E-state index in [1.165, 1.54) is 0 Å². The van der Waals surface area contributed by atoms with Crippen LogP contribution in [-0.2, 0) is 0 Å². The summed E-state index contributed by atoms with van der Waals surface area (Å²) in [4.78, 5) is 16.8. The Hall–Kier alpha value is -1.78. The molecule has 5 heteroatoms. The SMILES string of the molecule is O=C1NCCN1CCOc1cccnc1. The molecule has 1 aliphatic rings. The number of aromatic nitrogens is 1. The van der Waals surface area contributed by atoms with Crippen LogP contribution in [0.25, 0.3) is 0 Å². The Bertz CT molecular complexity index is 329. The van der Waals surface area contributed by atoms with E-state index < -0.39 is 0 Å². The van der Waals surface area contributed by atoms with Gasteiger partial charge in [-0.3, -0.25) is 4.98 Å². The molecule has 0 radical (unpaired) electrons. The minimum Gasteiger partial charge on any atom is -0.490 e. The van der Waals surface area contributed by atoms with Crippen LogP contribution in [0.3, 0.4) is 0 Å². The van der Waals surface area contributed by atoms with Gasteiger partial charge in [0.05, 0.1) is 12.7 Å². The number of nitrogens with one attached hydrogen (secondary N) is 1. The van der Waals surface area contributed by atoms with Gasteiger partial charge in [-0.15, -0.1) is 0 Å². The predicted molar refractivity (Wildman–Crippen MR) is 54.7 cm³/mol. The molecule has 0 bridgehead atoms. The van der Waals surface area contributed by atoms with Crippen LogP contribution in [0, 0.1) is 0 Å². The first-order chi connectivity index (χ1) is 7.36. The Morgan fingerprint density at radius 3 is 3.20 bits per heavy atom. The molecule has 2 rings (SSSR count). The van der Waals surface area contributed by atoms with Gasteiger partial charge in [0.2, 0.25) is 0 Å². The summed E-state index contributed by atoms with van der Waals surface area (Å²) >= 11 is 0. The first-order valence-corrected chi connectivity index (χ1v) is 4.92. The number of amides is 2. The highest BCUT2D eigenvalue weighted by Crippen LogP contribution is 2.06. The minimum absolute atomic E-state index is 0.00946. The molecule has 15 heavy (non-hydrogen) atoms.